The minimum absolute atomic E-state index is 0.303. The van der Waals surface area contributed by atoms with E-state index in [-0.39, 0.29) is 6.04 Å². The molecule has 0 aliphatic carbocycles. The maximum absolute atomic E-state index is 11.2. The molecule has 0 bridgehead atoms. The Morgan fingerprint density at radius 3 is 2.56 bits per heavy atom. The van der Waals surface area contributed by atoms with Crippen LogP contribution in [0.4, 0.5) is 0 Å². The van der Waals surface area contributed by atoms with Crippen molar-refractivity contribution >= 4 is 21.4 Å². The average Bonchev–Trinajstić information content (AvgIpc) is 2.77. The van der Waals surface area contributed by atoms with Crippen LogP contribution in [0.25, 0.3) is 11.3 Å². The Morgan fingerprint density at radius 2 is 1.94 bits per heavy atom. The molecule has 1 atom stereocenters. The van der Waals surface area contributed by atoms with E-state index in [0.717, 1.165) is 22.5 Å². The van der Waals surface area contributed by atoms with Gasteiger partial charge in [0, 0.05) is 10.9 Å². The summed E-state index contributed by atoms with van der Waals surface area (Å²) in [6.07, 6.45) is 1.15. The molecule has 1 unspecified atom stereocenters. The Kier molecular flexibility index (Phi) is 3.79. The molecule has 2 rings (SSSR count). The Bertz CT molecular complexity index is 621. The van der Waals surface area contributed by atoms with Gasteiger partial charge < -0.3 is 0 Å². The lowest BCUT2D eigenvalue weighted by molar-refractivity contribution is 0.572. The van der Waals surface area contributed by atoms with Gasteiger partial charge in [-0.05, 0) is 6.92 Å². The van der Waals surface area contributed by atoms with E-state index < -0.39 is 10.0 Å². The summed E-state index contributed by atoms with van der Waals surface area (Å²) in [5, 5.41) is 2.70. The zero-order valence-electron chi connectivity index (χ0n) is 10.1. The first kappa shape index (κ1) is 13.2. The van der Waals surface area contributed by atoms with Crippen molar-refractivity contribution in [2.45, 2.75) is 13.0 Å². The van der Waals surface area contributed by atoms with Gasteiger partial charge in [-0.3, -0.25) is 0 Å². The molecule has 0 fully saturated rings. The molecule has 1 aromatic heterocycles. The van der Waals surface area contributed by atoms with Crippen molar-refractivity contribution in [3.63, 3.8) is 0 Å². The maximum Gasteiger partial charge on any atom is 0.209 e. The highest BCUT2D eigenvalue weighted by Crippen LogP contribution is 2.25. The number of rotatable bonds is 4. The van der Waals surface area contributed by atoms with Crippen molar-refractivity contribution in [1.82, 2.24) is 9.71 Å². The number of thiazole rings is 1. The van der Waals surface area contributed by atoms with Gasteiger partial charge in [0.05, 0.1) is 18.0 Å². The monoisotopic (exact) mass is 282 g/mol. The predicted molar refractivity (Wildman–Crippen MR) is 73.9 cm³/mol. The van der Waals surface area contributed by atoms with Crippen LogP contribution >= 0.6 is 11.3 Å². The number of aromatic nitrogens is 1. The number of hydrogen-bond donors (Lipinski definition) is 1. The van der Waals surface area contributed by atoms with Crippen LogP contribution in [0.15, 0.2) is 35.7 Å². The van der Waals surface area contributed by atoms with Crippen LogP contribution < -0.4 is 4.72 Å². The zero-order chi connectivity index (χ0) is 13.2. The number of nitrogens with zero attached hydrogens (tertiary/aromatic N) is 1. The molecule has 1 heterocycles. The highest BCUT2D eigenvalue weighted by Gasteiger charge is 2.14. The molecule has 96 valence electrons. The van der Waals surface area contributed by atoms with Crippen molar-refractivity contribution in [1.29, 1.82) is 0 Å². The fraction of sp³-hybridized carbons (Fsp3) is 0.250. The summed E-state index contributed by atoms with van der Waals surface area (Å²) in [5.74, 6) is 0. The lowest BCUT2D eigenvalue weighted by atomic mass is 10.2. The zero-order valence-corrected chi connectivity index (χ0v) is 11.8. The minimum Gasteiger partial charge on any atom is -0.240 e. The summed E-state index contributed by atoms with van der Waals surface area (Å²) < 4.78 is 24.8. The van der Waals surface area contributed by atoms with Crippen LogP contribution in [-0.2, 0) is 10.0 Å². The van der Waals surface area contributed by atoms with Crippen molar-refractivity contribution in [3.8, 4) is 11.3 Å². The van der Waals surface area contributed by atoms with E-state index in [2.05, 4.69) is 9.71 Å². The quantitative estimate of drug-likeness (QED) is 0.937. The fourth-order valence-electron chi connectivity index (χ4n) is 1.60. The summed E-state index contributed by atoms with van der Waals surface area (Å²) >= 11 is 1.46. The second-order valence-corrected chi connectivity index (χ2v) is 6.72. The van der Waals surface area contributed by atoms with Crippen LogP contribution in [0.5, 0.6) is 0 Å². The first-order chi connectivity index (χ1) is 8.46. The normalized spacial score (nSPS) is 13.4. The number of sulfonamides is 1. The number of benzene rings is 1. The lowest BCUT2D eigenvalue weighted by Crippen LogP contribution is -2.25. The average molecular weight is 282 g/mol. The van der Waals surface area contributed by atoms with E-state index in [1.165, 1.54) is 11.3 Å². The van der Waals surface area contributed by atoms with Crippen LogP contribution in [0.1, 0.15) is 18.0 Å². The third kappa shape index (κ3) is 3.38. The van der Waals surface area contributed by atoms with E-state index in [4.69, 9.17) is 0 Å². The van der Waals surface area contributed by atoms with Crippen LogP contribution in [0.2, 0.25) is 0 Å². The van der Waals surface area contributed by atoms with E-state index in [0.29, 0.717) is 0 Å². The topological polar surface area (TPSA) is 59.1 Å². The van der Waals surface area contributed by atoms with Crippen LogP contribution in [0, 0.1) is 0 Å². The smallest absolute Gasteiger partial charge is 0.209 e. The molecule has 0 amide bonds. The van der Waals surface area contributed by atoms with Gasteiger partial charge in [0.15, 0.2) is 0 Å². The summed E-state index contributed by atoms with van der Waals surface area (Å²) in [7, 11) is -3.21. The molecule has 1 aromatic carbocycles. The summed E-state index contributed by atoms with van der Waals surface area (Å²) in [6, 6.07) is 9.51. The molecule has 18 heavy (non-hydrogen) atoms. The van der Waals surface area contributed by atoms with Gasteiger partial charge in [-0.2, -0.15) is 0 Å². The van der Waals surface area contributed by atoms with Crippen LogP contribution in [-0.4, -0.2) is 19.7 Å². The van der Waals surface area contributed by atoms with E-state index in [9.17, 15) is 8.42 Å². The molecule has 0 saturated heterocycles. The molecule has 0 saturated carbocycles. The Morgan fingerprint density at radius 1 is 1.28 bits per heavy atom. The van der Waals surface area contributed by atoms with E-state index in [1.807, 2.05) is 35.7 Å². The van der Waals surface area contributed by atoms with E-state index in [1.54, 1.807) is 6.92 Å². The highest BCUT2D eigenvalue weighted by atomic mass is 32.2. The summed E-state index contributed by atoms with van der Waals surface area (Å²) in [6.45, 7) is 1.79. The molecule has 6 heteroatoms. The first-order valence-electron chi connectivity index (χ1n) is 5.44. The Labute approximate surface area is 111 Å². The second kappa shape index (κ2) is 5.17. The minimum atomic E-state index is -3.21. The SMILES string of the molecule is CC(NS(C)(=O)=O)c1nc(-c2ccccc2)cs1. The summed E-state index contributed by atoms with van der Waals surface area (Å²) in [5.41, 5.74) is 1.91. The Hall–Kier alpha value is -1.24. The first-order valence-corrected chi connectivity index (χ1v) is 8.21. The van der Waals surface area contributed by atoms with Gasteiger partial charge in [-0.25, -0.2) is 18.1 Å². The van der Waals surface area contributed by atoms with Crippen molar-refractivity contribution in [2.75, 3.05) is 6.26 Å². The second-order valence-electron chi connectivity index (χ2n) is 4.05. The van der Waals surface area contributed by atoms with Crippen molar-refractivity contribution < 1.29 is 8.42 Å². The molecular weight excluding hydrogens is 268 g/mol. The maximum atomic E-state index is 11.2. The largest absolute Gasteiger partial charge is 0.240 e. The molecule has 0 radical (unpaired) electrons. The standard InChI is InChI=1S/C12H14N2O2S2/c1-9(14-18(2,15)16)12-13-11(8-17-12)10-6-4-3-5-7-10/h3-9,14H,1-2H3. The molecular formula is C12H14N2O2S2. The number of hydrogen-bond acceptors (Lipinski definition) is 4. The molecule has 0 spiro atoms. The van der Waals surface area contributed by atoms with Gasteiger partial charge in [0.2, 0.25) is 10.0 Å². The molecule has 1 N–H and O–H groups in total. The lowest BCUT2D eigenvalue weighted by Gasteiger charge is -2.08. The third-order valence-corrected chi connectivity index (χ3v) is 4.16. The van der Waals surface area contributed by atoms with Gasteiger partial charge in [0.25, 0.3) is 0 Å². The molecule has 2 aromatic rings. The Balaban J connectivity index is 2.21. The molecule has 0 aliphatic rings. The fourth-order valence-corrected chi connectivity index (χ4v) is 3.26. The third-order valence-electron chi connectivity index (χ3n) is 2.35. The van der Waals surface area contributed by atoms with Crippen LogP contribution in [0.3, 0.4) is 0 Å². The van der Waals surface area contributed by atoms with Gasteiger partial charge in [-0.15, -0.1) is 11.3 Å². The van der Waals surface area contributed by atoms with Crippen molar-refractivity contribution in [2.24, 2.45) is 0 Å². The van der Waals surface area contributed by atoms with Crippen molar-refractivity contribution in [3.05, 3.63) is 40.7 Å². The van der Waals surface area contributed by atoms with Gasteiger partial charge in [0.1, 0.15) is 5.01 Å². The van der Waals surface area contributed by atoms with Gasteiger partial charge in [-0.1, -0.05) is 30.3 Å². The molecule has 4 nitrogen and oxygen atoms in total. The van der Waals surface area contributed by atoms with Gasteiger partial charge >= 0.3 is 0 Å². The predicted octanol–water partition coefficient (Wildman–Crippen LogP) is 2.42. The summed E-state index contributed by atoms with van der Waals surface area (Å²) in [4.78, 5) is 4.46. The highest BCUT2D eigenvalue weighted by molar-refractivity contribution is 7.88. The number of nitrogens with one attached hydrogen (secondary N) is 1. The van der Waals surface area contributed by atoms with E-state index >= 15 is 0 Å². The molecule has 0 aliphatic heterocycles.